The van der Waals surface area contributed by atoms with Crippen molar-refractivity contribution in [1.82, 2.24) is 15.3 Å². The topological polar surface area (TPSA) is 76.1 Å². The lowest BCUT2D eigenvalue weighted by Crippen LogP contribution is -2.23. The third kappa shape index (κ3) is 5.44. The Morgan fingerprint density at radius 3 is 2.39 bits per heavy atom. The van der Waals surface area contributed by atoms with Gasteiger partial charge in [0.15, 0.2) is 0 Å². The number of ether oxygens (including phenoxy) is 1. The molecule has 1 amide bonds. The summed E-state index contributed by atoms with van der Waals surface area (Å²) < 4.78 is 5.61. The Kier molecular flexibility index (Phi) is 6.45. The van der Waals surface area contributed by atoms with Gasteiger partial charge >= 0.3 is 0 Å². The molecule has 1 aromatic heterocycles. The Hall–Kier alpha value is -3.12. The van der Waals surface area contributed by atoms with Crippen molar-refractivity contribution in [3.8, 4) is 5.75 Å². The van der Waals surface area contributed by atoms with Gasteiger partial charge in [0.05, 0.1) is 11.7 Å². The van der Waals surface area contributed by atoms with Crippen molar-refractivity contribution in [3.05, 3.63) is 77.1 Å². The van der Waals surface area contributed by atoms with E-state index in [4.69, 9.17) is 16.3 Å². The first-order valence-corrected chi connectivity index (χ1v) is 9.26. The van der Waals surface area contributed by atoms with Crippen molar-refractivity contribution < 1.29 is 9.53 Å². The predicted molar refractivity (Wildman–Crippen MR) is 110 cm³/mol. The Balaban J connectivity index is 1.57. The first-order valence-electron chi connectivity index (χ1n) is 8.88. The van der Waals surface area contributed by atoms with Crippen molar-refractivity contribution in [3.63, 3.8) is 0 Å². The number of carbonyl (C=O) groups excluding carboxylic acids is 1. The summed E-state index contributed by atoms with van der Waals surface area (Å²) in [5.74, 6) is 0.939. The number of anilines is 2. The average molecular weight is 397 g/mol. The molecule has 0 bridgehead atoms. The van der Waals surface area contributed by atoms with Gasteiger partial charge < -0.3 is 15.4 Å². The standard InChI is InChI=1S/C21H21ClN4O2/c1-14(2)28-18-9-7-17(8-10-18)26-21-24-12-16(13-25-21)20(27)23-11-15-5-3-4-6-19(15)22/h3-10,12-14H,11H2,1-2H3,(H,23,27)(H,24,25,26). The second-order valence-electron chi connectivity index (χ2n) is 6.39. The summed E-state index contributed by atoms with van der Waals surface area (Å²) in [4.78, 5) is 20.7. The molecule has 1 heterocycles. The van der Waals surface area contributed by atoms with Crippen LogP contribution in [0, 0.1) is 0 Å². The molecule has 0 radical (unpaired) electrons. The van der Waals surface area contributed by atoms with Crippen LogP contribution in [0.5, 0.6) is 5.75 Å². The second kappa shape index (κ2) is 9.19. The minimum atomic E-state index is -0.262. The van der Waals surface area contributed by atoms with Crippen LogP contribution in [-0.4, -0.2) is 22.0 Å². The van der Waals surface area contributed by atoms with Crippen LogP contribution in [0.1, 0.15) is 29.8 Å². The smallest absolute Gasteiger partial charge is 0.254 e. The van der Waals surface area contributed by atoms with Gasteiger partial charge in [-0.05, 0) is 49.7 Å². The maximum atomic E-state index is 12.3. The summed E-state index contributed by atoms with van der Waals surface area (Å²) in [6.45, 7) is 4.29. The van der Waals surface area contributed by atoms with Gasteiger partial charge in [-0.1, -0.05) is 29.8 Å². The fraction of sp³-hybridized carbons (Fsp3) is 0.190. The summed E-state index contributed by atoms with van der Waals surface area (Å²) in [5, 5.41) is 6.51. The molecule has 7 heteroatoms. The van der Waals surface area contributed by atoms with E-state index in [9.17, 15) is 4.79 Å². The molecule has 144 valence electrons. The van der Waals surface area contributed by atoms with Crippen LogP contribution < -0.4 is 15.4 Å². The highest BCUT2D eigenvalue weighted by Gasteiger charge is 2.08. The predicted octanol–water partition coefficient (Wildman–Crippen LogP) is 4.59. The lowest BCUT2D eigenvalue weighted by Gasteiger charge is -2.10. The Morgan fingerprint density at radius 2 is 1.75 bits per heavy atom. The van der Waals surface area contributed by atoms with Crippen LogP contribution in [0.15, 0.2) is 60.9 Å². The lowest BCUT2D eigenvalue weighted by atomic mass is 10.2. The molecule has 3 aromatic rings. The van der Waals surface area contributed by atoms with E-state index >= 15 is 0 Å². The molecule has 28 heavy (non-hydrogen) atoms. The summed E-state index contributed by atoms with van der Waals surface area (Å²) in [6, 6.07) is 14.9. The van der Waals surface area contributed by atoms with Crippen LogP contribution in [0.3, 0.4) is 0 Å². The number of carbonyl (C=O) groups is 1. The number of halogens is 1. The second-order valence-corrected chi connectivity index (χ2v) is 6.79. The Labute approximate surface area is 168 Å². The fourth-order valence-electron chi connectivity index (χ4n) is 2.45. The molecule has 0 aliphatic carbocycles. The lowest BCUT2D eigenvalue weighted by molar-refractivity contribution is 0.0950. The van der Waals surface area contributed by atoms with Crippen LogP contribution in [0.25, 0.3) is 0 Å². The number of amides is 1. The third-order valence-corrected chi connectivity index (χ3v) is 4.16. The van der Waals surface area contributed by atoms with Crippen LogP contribution in [0.4, 0.5) is 11.6 Å². The SMILES string of the molecule is CC(C)Oc1ccc(Nc2ncc(C(=O)NCc3ccccc3Cl)cn2)cc1. The van der Waals surface area contributed by atoms with E-state index in [1.807, 2.05) is 56.3 Å². The zero-order valence-corrected chi connectivity index (χ0v) is 16.4. The molecule has 0 spiro atoms. The zero-order valence-electron chi connectivity index (χ0n) is 15.6. The van der Waals surface area contributed by atoms with E-state index in [0.717, 1.165) is 17.0 Å². The molecular weight excluding hydrogens is 376 g/mol. The quantitative estimate of drug-likeness (QED) is 0.610. The molecule has 2 aromatic carbocycles. The highest BCUT2D eigenvalue weighted by molar-refractivity contribution is 6.31. The number of benzene rings is 2. The maximum Gasteiger partial charge on any atom is 0.254 e. The Morgan fingerprint density at radius 1 is 1.07 bits per heavy atom. The molecule has 0 aliphatic rings. The van der Waals surface area contributed by atoms with Crippen LogP contribution in [0.2, 0.25) is 5.02 Å². The summed E-state index contributed by atoms with van der Waals surface area (Å²) in [5.41, 5.74) is 2.05. The molecule has 0 aliphatic heterocycles. The first kappa shape index (κ1) is 19.6. The van der Waals surface area contributed by atoms with E-state index in [1.54, 1.807) is 6.07 Å². The number of hydrogen-bond donors (Lipinski definition) is 2. The van der Waals surface area contributed by atoms with Gasteiger partial charge in [0.2, 0.25) is 5.95 Å². The van der Waals surface area contributed by atoms with Gasteiger partial charge in [0.1, 0.15) is 5.75 Å². The van der Waals surface area contributed by atoms with Gasteiger partial charge in [-0.15, -0.1) is 0 Å². The minimum absolute atomic E-state index is 0.124. The molecular formula is C21H21ClN4O2. The monoisotopic (exact) mass is 396 g/mol. The zero-order chi connectivity index (χ0) is 19.9. The maximum absolute atomic E-state index is 12.3. The number of nitrogens with one attached hydrogen (secondary N) is 2. The minimum Gasteiger partial charge on any atom is -0.491 e. The summed E-state index contributed by atoms with van der Waals surface area (Å²) in [6.07, 6.45) is 3.08. The van der Waals surface area contributed by atoms with E-state index in [1.165, 1.54) is 12.4 Å². The highest BCUT2D eigenvalue weighted by atomic mass is 35.5. The van der Waals surface area contributed by atoms with Crippen molar-refractivity contribution in [1.29, 1.82) is 0 Å². The summed E-state index contributed by atoms with van der Waals surface area (Å²) >= 11 is 6.09. The molecule has 2 N–H and O–H groups in total. The third-order valence-electron chi connectivity index (χ3n) is 3.79. The van der Waals surface area contributed by atoms with Crippen LogP contribution in [-0.2, 0) is 6.54 Å². The Bertz CT molecular complexity index is 928. The van der Waals surface area contributed by atoms with Gasteiger partial charge in [0.25, 0.3) is 5.91 Å². The molecule has 0 unspecified atom stereocenters. The first-order chi connectivity index (χ1) is 13.5. The molecule has 6 nitrogen and oxygen atoms in total. The molecule has 0 saturated heterocycles. The van der Waals surface area contributed by atoms with E-state index in [-0.39, 0.29) is 12.0 Å². The number of nitrogens with zero attached hydrogens (tertiary/aromatic N) is 2. The average Bonchev–Trinajstić information content (AvgIpc) is 2.69. The highest BCUT2D eigenvalue weighted by Crippen LogP contribution is 2.19. The van der Waals surface area contributed by atoms with Crippen molar-refractivity contribution in [2.24, 2.45) is 0 Å². The van der Waals surface area contributed by atoms with Crippen molar-refractivity contribution in [2.75, 3.05) is 5.32 Å². The number of hydrogen-bond acceptors (Lipinski definition) is 5. The fourth-order valence-corrected chi connectivity index (χ4v) is 2.65. The number of rotatable bonds is 7. The molecule has 0 fully saturated rings. The molecule has 0 saturated carbocycles. The largest absolute Gasteiger partial charge is 0.491 e. The van der Waals surface area contributed by atoms with E-state index < -0.39 is 0 Å². The van der Waals surface area contributed by atoms with Gasteiger partial charge in [0, 0.05) is 29.6 Å². The normalized spacial score (nSPS) is 10.6. The molecule has 3 rings (SSSR count). The van der Waals surface area contributed by atoms with Crippen molar-refractivity contribution >= 4 is 29.1 Å². The van der Waals surface area contributed by atoms with Crippen molar-refractivity contribution in [2.45, 2.75) is 26.5 Å². The van der Waals surface area contributed by atoms with Crippen LogP contribution >= 0.6 is 11.6 Å². The van der Waals surface area contributed by atoms with Gasteiger partial charge in [-0.3, -0.25) is 4.79 Å². The van der Waals surface area contributed by atoms with Gasteiger partial charge in [-0.25, -0.2) is 9.97 Å². The van der Waals surface area contributed by atoms with E-state index in [0.29, 0.717) is 23.1 Å². The van der Waals surface area contributed by atoms with E-state index in [2.05, 4.69) is 20.6 Å². The summed E-state index contributed by atoms with van der Waals surface area (Å²) in [7, 11) is 0. The number of aromatic nitrogens is 2. The molecule has 0 atom stereocenters. The van der Waals surface area contributed by atoms with Gasteiger partial charge in [-0.2, -0.15) is 0 Å².